The summed E-state index contributed by atoms with van der Waals surface area (Å²) in [7, 11) is -4.55. The molecular weight excluding hydrogens is 384 g/mol. The van der Waals surface area contributed by atoms with Gasteiger partial charge < -0.3 is 0 Å². The topological polar surface area (TPSA) is 29.4 Å². The zero-order chi connectivity index (χ0) is 19.0. The van der Waals surface area contributed by atoms with E-state index < -0.39 is 45.6 Å². The second kappa shape index (κ2) is 6.33. The normalized spacial score (nSPS) is 15.8. The molecule has 0 aliphatic carbocycles. The number of rotatable bonds is 5. The van der Waals surface area contributed by atoms with Gasteiger partial charge in [0.1, 0.15) is 5.82 Å². The molecule has 0 radical (unpaired) electrons. The van der Waals surface area contributed by atoms with Crippen molar-refractivity contribution in [1.29, 1.82) is 0 Å². The van der Waals surface area contributed by atoms with Crippen molar-refractivity contribution in [3.05, 3.63) is 35.6 Å². The van der Waals surface area contributed by atoms with Crippen molar-refractivity contribution in [2.75, 3.05) is 0 Å². The zero-order valence-corrected chi connectivity index (χ0v) is 11.7. The Morgan fingerprint density at radius 2 is 1.38 bits per heavy atom. The Morgan fingerprint density at radius 3 is 1.83 bits per heavy atom. The van der Waals surface area contributed by atoms with Gasteiger partial charge in [0.2, 0.25) is 11.0 Å². The van der Waals surface area contributed by atoms with E-state index in [2.05, 4.69) is 4.40 Å². The Labute approximate surface area is 129 Å². The van der Waals surface area contributed by atoms with E-state index in [-0.39, 0.29) is 6.21 Å². The Kier molecular flexibility index (Phi) is 5.38. The molecule has 0 fully saturated rings. The maximum Gasteiger partial charge on any atom is 0.460 e. The standard InChI is InChI=1S/C11H5F10NOS/c12-7-4-2-1-3-6(7)5-22-24(23)11(20,21)9(15,16)8(13,14)10(17,18)19/h1-5H. The van der Waals surface area contributed by atoms with Crippen molar-refractivity contribution in [3.63, 3.8) is 0 Å². The van der Waals surface area contributed by atoms with E-state index in [4.69, 9.17) is 0 Å². The molecule has 1 aromatic rings. The van der Waals surface area contributed by atoms with Crippen LogP contribution < -0.4 is 0 Å². The number of alkyl halides is 9. The molecule has 2 nitrogen and oxygen atoms in total. The molecule has 0 bridgehead atoms. The van der Waals surface area contributed by atoms with Crippen molar-refractivity contribution in [3.8, 4) is 0 Å². The smallest absolute Gasteiger partial charge is 0.228 e. The molecule has 0 N–H and O–H groups in total. The molecule has 13 heteroatoms. The van der Waals surface area contributed by atoms with Crippen LogP contribution in [0, 0.1) is 5.82 Å². The summed E-state index contributed by atoms with van der Waals surface area (Å²) in [5.74, 6) is -15.4. The number of hydrogen-bond acceptors (Lipinski definition) is 1. The van der Waals surface area contributed by atoms with Crippen LogP contribution in [0.5, 0.6) is 0 Å². The summed E-state index contributed by atoms with van der Waals surface area (Å²) in [4.78, 5) is 0. The summed E-state index contributed by atoms with van der Waals surface area (Å²) in [5.41, 5.74) is -0.632. The summed E-state index contributed by atoms with van der Waals surface area (Å²) in [6.07, 6.45) is -6.99. The van der Waals surface area contributed by atoms with Crippen LogP contribution in [0.2, 0.25) is 0 Å². The predicted molar refractivity (Wildman–Crippen MR) is 63.0 cm³/mol. The molecule has 1 rings (SSSR count). The Hall–Kier alpha value is -1.66. The third-order valence-electron chi connectivity index (χ3n) is 2.53. The number of benzene rings is 1. The van der Waals surface area contributed by atoms with Crippen molar-refractivity contribution >= 4 is 17.2 Å². The summed E-state index contributed by atoms with van der Waals surface area (Å²) in [6.45, 7) is 0. The van der Waals surface area contributed by atoms with Gasteiger partial charge in [-0.05, 0) is 6.07 Å². The molecular formula is C11H5F10NOS. The summed E-state index contributed by atoms with van der Waals surface area (Å²) in [5, 5.41) is -6.38. The first-order valence-electron chi connectivity index (χ1n) is 5.57. The largest absolute Gasteiger partial charge is 0.460 e. The monoisotopic (exact) mass is 389 g/mol. The van der Waals surface area contributed by atoms with Crippen LogP contribution in [0.15, 0.2) is 28.7 Å². The minimum Gasteiger partial charge on any atom is -0.228 e. The molecule has 0 saturated heterocycles. The molecule has 24 heavy (non-hydrogen) atoms. The predicted octanol–water partition coefficient (Wildman–Crippen LogP) is 4.33. The van der Waals surface area contributed by atoms with E-state index in [1.54, 1.807) is 0 Å². The number of nitrogens with zero attached hydrogens (tertiary/aromatic N) is 1. The first kappa shape index (κ1) is 20.4. The fourth-order valence-corrected chi connectivity index (χ4v) is 1.91. The molecule has 1 atom stereocenters. The van der Waals surface area contributed by atoms with Gasteiger partial charge >= 0.3 is 23.3 Å². The van der Waals surface area contributed by atoms with Gasteiger partial charge in [-0.3, -0.25) is 0 Å². The lowest BCUT2D eigenvalue weighted by atomic mass is 10.1. The molecule has 0 aromatic heterocycles. The third kappa shape index (κ3) is 3.39. The van der Waals surface area contributed by atoms with Crippen LogP contribution >= 0.6 is 0 Å². The molecule has 1 unspecified atom stereocenters. The van der Waals surface area contributed by atoms with Crippen molar-refractivity contribution in [2.45, 2.75) is 23.3 Å². The number of halogens is 10. The van der Waals surface area contributed by atoms with Gasteiger partial charge in [-0.25, -0.2) is 8.60 Å². The lowest BCUT2D eigenvalue weighted by Crippen LogP contribution is -2.61. The maximum atomic E-state index is 13.2. The van der Waals surface area contributed by atoms with E-state index in [1.807, 2.05) is 0 Å². The van der Waals surface area contributed by atoms with E-state index >= 15 is 0 Å². The van der Waals surface area contributed by atoms with Crippen LogP contribution in [0.25, 0.3) is 0 Å². The Balaban J connectivity index is 3.19. The van der Waals surface area contributed by atoms with Gasteiger partial charge in [0.25, 0.3) is 0 Å². The average molecular weight is 389 g/mol. The molecule has 0 amide bonds. The molecule has 0 aliphatic heterocycles. The van der Waals surface area contributed by atoms with Crippen LogP contribution in [-0.4, -0.2) is 33.7 Å². The first-order chi connectivity index (χ1) is 10.7. The maximum absolute atomic E-state index is 13.2. The SMILES string of the molecule is O=S(N=Cc1ccccc1F)C(F)(F)C(F)(F)C(F)(F)C(F)(F)F. The van der Waals surface area contributed by atoms with Gasteiger partial charge in [-0.1, -0.05) is 18.2 Å². The summed E-state index contributed by atoms with van der Waals surface area (Å²) < 4.78 is 140. The van der Waals surface area contributed by atoms with Crippen molar-refractivity contribution < 1.29 is 48.1 Å². The number of hydrogen-bond donors (Lipinski definition) is 0. The van der Waals surface area contributed by atoms with Crippen LogP contribution in [-0.2, 0) is 11.0 Å². The Morgan fingerprint density at radius 1 is 0.875 bits per heavy atom. The van der Waals surface area contributed by atoms with Crippen molar-refractivity contribution in [2.24, 2.45) is 4.40 Å². The van der Waals surface area contributed by atoms with E-state index in [0.717, 1.165) is 24.3 Å². The average Bonchev–Trinajstić information content (AvgIpc) is 2.44. The Bertz CT molecular complexity index is 654. The van der Waals surface area contributed by atoms with Crippen LogP contribution in [0.3, 0.4) is 0 Å². The fourth-order valence-electron chi connectivity index (χ4n) is 1.22. The summed E-state index contributed by atoms with van der Waals surface area (Å²) >= 11 is 0. The van der Waals surface area contributed by atoms with Gasteiger partial charge in [0.05, 0.1) is 0 Å². The zero-order valence-electron chi connectivity index (χ0n) is 10.9. The van der Waals surface area contributed by atoms with E-state index in [1.165, 1.54) is 0 Å². The molecule has 1 aromatic carbocycles. The van der Waals surface area contributed by atoms with E-state index in [0.29, 0.717) is 0 Å². The lowest BCUT2D eigenvalue weighted by molar-refractivity contribution is -0.381. The fraction of sp³-hybridized carbons (Fsp3) is 0.364. The minimum atomic E-state index is -7.17. The molecule has 0 heterocycles. The van der Waals surface area contributed by atoms with Gasteiger partial charge in [-0.2, -0.15) is 43.9 Å². The van der Waals surface area contributed by atoms with Crippen LogP contribution in [0.1, 0.15) is 5.56 Å². The van der Waals surface area contributed by atoms with Crippen molar-refractivity contribution in [1.82, 2.24) is 0 Å². The highest BCUT2D eigenvalue weighted by Crippen LogP contribution is 2.54. The van der Waals surface area contributed by atoms with Gasteiger partial charge in [0, 0.05) is 11.8 Å². The first-order valence-corrected chi connectivity index (χ1v) is 6.67. The molecule has 0 saturated carbocycles. The molecule has 0 aliphatic rings. The molecule has 136 valence electrons. The second-order valence-electron chi connectivity index (χ2n) is 4.17. The third-order valence-corrected chi connectivity index (χ3v) is 3.52. The highest BCUT2D eigenvalue weighted by atomic mass is 32.2. The second-order valence-corrected chi connectivity index (χ2v) is 5.39. The minimum absolute atomic E-state index is 0.0428. The van der Waals surface area contributed by atoms with Gasteiger partial charge in [0.15, 0.2) is 0 Å². The highest BCUT2D eigenvalue weighted by molar-refractivity contribution is 7.85. The highest BCUT2D eigenvalue weighted by Gasteiger charge is 2.83. The van der Waals surface area contributed by atoms with E-state index in [9.17, 15) is 48.1 Å². The quantitative estimate of drug-likeness (QED) is 0.545. The van der Waals surface area contributed by atoms with Gasteiger partial charge in [-0.15, -0.1) is 0 Å². The molecule has 0 spiro atoms. The van der Waals surface area contributed by atoms with Crippen LogP contribution in [0.4, 0.5) is 43.9 Å². The summed E-state index contributed by atoms with van der Waals surface area (Å²) in [6, 6.07) is 3.92. The lowest BCUT2D eigenvalue weighted by Gasteiger charge is -2.31.